The zero-order valence-corrected chi connectivity index (χ0v) is 10.8. The Labute approximate surface area is 103 Å². The first-order valence-corrected chi connectivity index (χ1v) is 6.27. The Hall–Kier alpha value is -1.13. The van der Waals surface area contributed by atoms with Crippen LogP contribution in [0.3, 0.4) is 0 Å². The summed E-state index contributed by atoms with van der Waals surface area (Å²) in [5.41, 5.74) is 8.00. The first kappa shape index (κ1) is 12.3. The van der Waals surface area contributed by atoms with E-state index in [2.05, 4.69) is 34.9 Å². The molecule has 0 amide bonds. The minimum absolute atomic E-state index is 0.515. The van der Waals surface area contributed by atoms with Crippen LogP contribution in [0, 0.1) is 0 Å². The second kappa shape index (κ2) is 5.47. The van der Waals surface area contributed by atoms with Crippen LogP contribution in [0.5, 0.6) is 0 Å². The molecule has 1 aromatic heterocycles. The molecule has 1 saturated heterocycles. The molecule has 2 heterocycles. The quantitative estimate of drug-likeness (QED) is 0.846. The van der Waals surface area contributed by atoms with Crippen molar-refractivity contribution in [1.82, 2.24) is 9.88 Å². The summed E-state index contributed by atoms with van der Waals surface area (Å²) >= 11 is 0. The van der Waals surface area contributed by atoms with Crippen LogP contribution in [-0.4, -0.2) is 43.1 Å². The zero-order chi connectivity index (χ0) is 12.3. The van der Waals surface area contributed by atoms with Crippen LogP contribution < -0.4 is 10.6 Å². The number of pyridine rings is 1. The lowest BCUT2D eigenvalue weighted by atomic mass is 10.2. The van der Waals surface area contributed by atoms with Gasteiger partial charge in [-0.05, 0) is 39.1 Å². The van der Waals surface area contributed by atoms with Crippen molar-refractivity contribution in [1.29, 1.82) is 0 Å². The molecular weight excluding hydrogens is 212 g/mol. The van der Waals surface area contributed by atoms with Crippen LogP contribution in [-0.2, 0) is 6.54 Å². The Balaban J connectivity index is 2.19. The van der Waals surface area contributed by atoms with Gasteiger partial charge in [-0.2, -0.15) is 0 Å². The summed E-state index contributed by atoms with van der Waals surface area (Å²) < 4.78 is 0. The summed E-state index contributed by atoms with van der Waals surface area (Å²) in [6, 6.07) is 4.74. The molecule has 0 aliphatic carbocycles. The molecular formula is C13H22N4. The van der Waals surface area contributed by atoms with Gasteiger partial charge in [0.25, 0.3) is 0 Å². The van der Waals surface area contributed by atoms with E-state index in [0.717, 1.165) is 18.8 Å². The molecule has 1 aromatic rings. The Morgan fingerprint density at radius 2 is 2.35 bits per heavy atom. The monoisotopic (exact) mass is 234 g/mol. The summed E-state index contributed by atoms with van der Waals surface area (Å²) in [7, 11) is 4.26. The lowest BCUT2D eigenvalue weighted by Gasteiger charge is -2.30. The third-order valence-corrected chi connectivity index (χ3v) is 3.32. The molecule has 4 heteroatoms. The summed E-state index contributed by atoms with van der Waals surface area (Å²) in [5, 5.41) is 0. The summed E-state index contributed by atoms with van der Waals surface area (Å²) in [4.78, 5) is 9.09. The fourth-order valence-electron chi connectivity index (χ4n) is 2.61. The van der Waals surface area contributed by atoms with Gasteiger partial charge in [-0.15, -0.1) is 0 Å². The molecule has 1 aliphatic heterocycles. The van der Waals surface area contributed by atoms with Gasteiger partial charge in [0, 0.05) is 31.9 Å². The molecule has 0 saturated carbocycles. The van der Waals surface area contributed by atoms with E-state index in [9.17, 15) is 0 Å². The van der Waals surface area contributed by atoms with E-state index >= 15 is 0 Å². The smallest absolute Gasteiger partial charge is 0.0772 e. The highest BCUT2D eigenvalue weighted by atomic mass is 15.2. The van der Waals surface area contributed by atoms with E-state index in [1.54, 1.807) is 0 Å². The zero-order valence-electron chi connectivity index (χ0n) is 10.8. The highest BCUT2D eigenvalue weighted by Gasteiger charge is 2.26. The lowest BCUT2D eigenvalue weighted by Crippen LogP contribution is -2.38. The van der Waals surface area contributed by atoms with E-state index in [4.69, 9.17) is 5.73 Å². The fourth-order valence-corrected chi connectivity index (χ4v) is 2.61. The second-order valence-corrected chi connectivity index (χ2v) is 4.93. The van der Waals surface area contributed by atoms with Crippen molar-refractivity contribution in [3.05, 3.63) is 24.0 Å². The third-order valence-electron chi connectivity index (χ3n) is 3.32. The van der Waals surface area contributed by atoms with E-state index in [0.29, 0.717) is 12.6 Å². The highest BCUT2D eigenvalue weighted by Crippen LogP contribution is 2.27. The Morgan fingerprint density at radius 3 is 3.06 bits per heavy atom. The minimum Gasteiger partial charge on any atom is -0.366 e. The van der Waals surface area contributed by atoms with Crippen LogP contribution >= 0.6 is 0 Å². The molecule has 94 valence electrons. The van der Waals surface area contributed by atoms with Gasteiger partial charge in [-0.3, -0.25) is 4.98 Å². The number of nitrogens with zero attached hydrogens (tertiary/aromatic N) is 3. The molecule has 1 atom stereocenters. The number of likely N-dealkylation sites (N-methyl/N-ethyl adjacent to an activating group) is 1. The van der Waals surface area contributed by atoms with Gasteiger partial charge < -0.3 is 15.5 Å². The average Bonchev–Trinajstić information content (AvgIpc) is 2.76. The third kappa shape index (κ3) is 2.76. The van der Waals surface area contributed by atoms with Crippen molar-refractivity contribution in [3.63, 3.8) is 0 Å². The number of anilines is 1. The normalized spacial score (nSPS) is 20.2. The number of aromatic nitrogens is 1. The van der Waals surface area contributed by atoms with Crippen molar-refractivity contribution in [2.24, 2.45) is 5.73 Å². The topological polar surface area (TPSA) is 45.4 Å². The largest absolute Gasteiger partial charge is 0.366 e. The van der Waals surface area contributed by atoms with Gasteiger partial charge >= 0.3 is 0 Å². The molecule has 0 bridgehead atoms. The maximum atomic E-state index is 5.77. The van der Waals surface area contributed by atoms with Crippen LogP contribution in [0.4, 0.5) is 5.69 Å². The number of hydrogen-bond donors (Lipinski definition) is 1. The molecule has 17 heavy (non-hydrogen) atoms. The van der Waals surface area contributed by atoms with Gasteiger partial charge in [0.2, 0.25) is 0 Å². The average molecular weight is 234 g/mol. The second-order valence-electron chi connectivity index (χ2n) is 4.93. The summed E-state index contributed by atoms with van der Waals surface area (Å²) in [5.74, 6) is 0. The molecule has 0 aromatic carbocycles. The number of rotatable bonds is 4. The van der Waals surface area contributed by atoms with Crippen LogP contribution in [0.25, 0.3) is 0 Å². The van der Waals surface area contributed by atoms with Gasteiger partial charge in [-0.25, -0.2) is 0 Å². The maximum absolute atomic E-state index is 5.77. The molecule has 1 unspecified atom stereocenters. The SMILES string of the molecule is CN(C)CC1CCCN1c1cccnc1CN. The lowest BCUT2D eigenvalue weighted by molar-refractivity contribution is 0.372. The van der Waals surface area contributed by atoms with Crippen molar-refractivity contribution < 1.29 is 0 Å². The molecule has 4 nitrogen and oxygen atoms in total. The molecule has 1 aliphatic rings. The standard InChI is InChI=1S/C13H22N4/c1-16(2)10-11-5-4-8-17(11)13-6-3-7-15-12(13)9-14/h3,6-7,11H,4-5,8-10,14H2,1-2H3. The molecule has 2 N–H and O–H groups in total. The highest BCUT2D eigenvalue weighted by molar-refractivity contribution is 5.52. The number of nitrogens with two attached hydrogens (primary N) is 1. The Bertz CT molecular complexity index is 364. The molecule has 2 rings (SSSR count). The van der Waals surface area contributed by atoms with Gasteiger partial charge in [-0.1, -0.05) is 0 Å². The van der Waals surface area contributed by atoms with Crippen molar-refractivity contribution >= 4 is 5.69 Å². The first-order valence-electron chi connectivity index (χ1n) is 6.27. The van der Waals surface area contributed by atoms with E-state index < -0.39 is 0 Å². The van der Waals surface area contributed by atoms with Crippen LogP contribution in [0.15, 0.2) is 18.3 Å². The summed E-state index contributed by atoms with van der Waals surface area (Å²) in [6.07, 6.45) is 4.34. The van der Waals surface area contributed by atoms with E-state index in [1.807, 2.05) is 12.3 Å². The Morgan fingerprint density at radius 1 is 1.53 bits per heavy atom. The first-order chi connectivity index (χ1) is 8.22. The van der Waals surface area contributed by atoms with Gasteiger partial charge in [0.15, 0.2) is 0 Å². The number of hydrogen-bond acceptors (Lipinski definition) is 4. The minimum atomic E-state index is 0.515. The summed E-state index contributed by atoms with van der Waals surface area (Å²) in [6.45, 7) is 2.73. The van der Waals surface area contributed by atoms with E-state index in [1.165, 1.54) is 18.5 Å². The maximum Gasteiger partial charge on any atom is 0.0772 e. The van der Waals surface area contributed by atoms with Crippen molar-refractivity contribution in [2.75, 3.05) is 32.1 Å². The van der Waals surface area contributed by atoms with E-state index in [-0.39, 0.29) is 0 Å². The van der Waals surface area contributed by atoms with Crippen LogP contribution in [0.2, 0.25) is 0 Å². The van der Waals surface area contributed by atoms with Crippen LogP contribution in [0.1, 0.15) is 18.5 Å². The van der Waals surface area contributed by atoms with Crippen molar-refractivity contribution in [2.45, 2.75) is 25.4 Å². The molecule has 0 spiro atoms. The molecule has 0 radical (unpaired) electrons. The van der Waals surface area contributed by atoms with Crippen molar-refractivity contribution in [3.8, 4) is 0 Å². The Kier molecular flexibility index (Phi) is 3.97. The fraction of sp³-hybridized carbons (Fsp3) is 0.615. The predicted octanol–water partition coefficient (Wildman–Crippen LogP) is 1.07. The van der Waals surface area contributed by atoms with Gasteiger partial charge in [0.1, 0.15) is 0 Å². The molecule has 1 fully saturated rings. The predicted molar refractivity (Wildman–Crippen MR) is 71.1 cm³/mol. The van der Waals surface area contributed by atoms with Gasteiger partial charge in [0.05, 0.1) is 11.4 Å².